The summed E-state index contributed by atoms with van der Waals surface area (Å²) in [6.07, 6.45) is 3.36. The van der Waals surface area contributed by atoms with Crippen LogP contribution in [0.25, 0.3) is 0 Å². The van der Waals surface area contributed by atoms with E-state index in [1.165, 1.54) is 0 Å². The number of nitrogens with two attached hydrogens (primary N) is 1. The highest BCUT2D eigenvalue weighted by Crippen LogP contribution is 2.14. The quantitative estimate of drug-likeness (QED) is 0.812. The lowest BCUT2D eigenvalue weighted by molar-refractivity contribution is 0.581. The van der Waals surface area contributed by atoms with Crippen LogP contribution in [0.15, 0.2) is 23.4 Å². The number of aromatic nitrogens is 3. The van der Waals surface area contributed by atoms with E-state index < -0.39 is 10.0 Å². The molecule has 8 heteroatoms. The van der Waals surface area contributed by atoms with Crippen LogP contribution in [0.2, 0.25) is 0 Å². The van der Waals surface area contributed by atoms with Crippen LogP contribution >= 0.6 is 0 Å². The summed E-state index contributed by atoms with van der Waals surface area (Å²) in [5.41, 5.74) is 7.98. The molecule has 20 heavy (non-hydrogen) atoms. The van der Waals surface area contributed by atoms with Crippen molar-refractivity contribution >= 4 is 10.0 Å². The van der Waals surface area contributed by atoms with Crippen molar-refractivity contribution in [1.29, 1.82) is 0 Å². The molecule has 0 atom stereocenters. The molecule has 0 amide bonds. The van der Waals surface area contributed by atoms with Crippen LogP contribution in [0.3, 0.4) is 0 Å². The van der Waals surface area contributed by atoms with Crippen LogP contribution in [0.1, 0.15) is 17.0 Å². The maximum atomic E-state index is 12.2. The Labute approximate surface area is 118 Å². The Kier molecular flexibility index (Phi) is 3.98. The van der Waals surface area contributed by atoms with Crippen molar-refractivity contribution in [1.82, 2.24) is 19.1 Å². The van der Waals surface area contributed by atoms with Crippen molar-refractivity contribution < 1.29 is 8.42 Å². The zero-order valence-electron chi connectivity index (χ0n) is 11.8. The monoisotopic (exact) mass is 297 g/mol. The standard InChI is InChI=1S/C12H19N5O2S/c1-9-10(7-17(3)15-9)6-14-20(18,19)12-4-11(5-13)16(2)8-12/h4,7-8,14H,5-6,13H2,1-3H3. The summed E-state index contributed by atoms with van der Waals surface area (Å²) < 4.78 is 30.4. The van der Waals surface area contributed by atoms with Crippen LogP contribution in [0.5, 0.6) is 0 Å². The predicted octanol–water partition coefficient (Wildman–Crippen LogP) is 0.00422. The second-order valence-corrected chi connectivity index (χ2v) is 6.49. The van der Waals surface area contributed by atoms with Crippen LogP contribution in [-0.2, 0) is 37.2 Å². The van der Waals surface area contributed by atoms with Gasteiger partial charge in [-0.1, -0.05) is 0 Å². The molecule has 0 radical (unpaired) electrons. The van der Waals surface area contributed by atoms with E-state index in [-0.39, 0.29) is 11.4 Å². The fourth-order valence-corrected chi connectivity index (χ4v) is 3.11. The largest absolute Gasteiger partial charge is 0.352 e. The average Bonchev–Trinajstić information content (AvgIpc) is 2.90. The smallest absolute Gasteiger partial charge is 0.242 e. The topological polar surface area (TPSA) is 94.9 Å². The SMILES string of the molecule is Cc1nn(C)cc1CNS(=O)(=O)c1cc(CN)n(C)c1. The first-order valence-electron chi connectivity index (χ1n) is 6.17. The van der Waals surface area contributed by atoms with E-state index in [1.54, 1.807) is 41.8 Å². The number of nitrogens with one attached hydrogen (secondary N) is 1. The van der Waals surface area contributed by atoms with Crippen molar-refractivity contribution in [2.75, 3.05) is 0 Å². The normalized spacial score (nSPS) is 12.0. The molecular formula is C12H19N5O2S. The molecule has 0 aromatic carbocycles. The van der Waals surface area contributed by atoms with Gasteiger partial charge in [0.25, 0.3) is 0 Å². The fourth-order valence-electron chi connectivity index (χ4n) is 2.01. The molecule has 0 aliphatic rings. The number of rotatable bonds is 5. The third-order valence-electron chi connectivity index (χ3n) is 3.17. The van der Waals surface area contributed by atoms with E-state index >= 15 is 0 Å². The number of aryl methyl sites for hydroxylation is 3. The van der Waals surface area contributed by atoms with Gasteiger partial charge in [-0.05, 0) is 13.0 Å². The Morgan fingerprint density at radius 1 is 1.35 bits per heavy atom. The number of nitrogens with zero attached hydrogens (tertiary/aromatic N) is 3. The molecule has 2 heterocycles. The molecule has 110 valence electrons. The third kappa shape index (κ3) is 2.92. The van der Waals surface area contributed by atoms with Crippen molar-refractivity contribution in [3.8, 4) is 0 Å². The lowest BCUT2D eigenvalue weighted by Gasteiger charge is -2.03. The minimum Gasteiger partial charge on any atom is -0.352 e. The summed E-state index contributed by atoms with van der Waals surface area (Å²) in [5, 5.41) is 4.18. The van der Waals surface area contributed by atoms with E-state index in [1.807, 2.05) is 6.92 Å². The molecule has 2 rings (SSSR count). The van der Waals surface area contributed by atoms with Gasteiger partial charge in [0, 0.05) is 50.8 Å². The molecule has 0 spiro atoms. The Balaban J connectivity index is 2.16. The first kappa shape index (κ1) is 14.8. The average molecular weight is 297 g/mol. The lowest BCUT2D eigenvalue weighted by Crippen LogP contribution is -2.23. The Bertz CT molecular complexity index is 714. The number of hydrogen-bond donors (Lipinski definition) is 2. The van der Waals surface area contributed by atoms with Gasteiger partial charge < -0.3 is 10.3 Å². The van der Waals surface area contributed by atoms with Crippen molar-refractivity contribution in [2.24, 2.45) is 19.8 Å². The first-order chi connectivity index (χ1) is 9.33. The first-order valence-corrected chi connectivity index (χ1v) is 7.66. The van der Waals surface area contributed by atoms with Gasteiger partial charge in [0.2, 0.25) is 10.0 Å². The van der Waals surface area contributed by atoms with E-state index in [0.717, 1.165) is 17.0 Å². The van der Waals surface area contributed by atoms with Gasteiger partial charge in [0.1, 0.15) is 0 Å². The predicted molar refractivity (Wildman–Crippen MR) is 75.3 cm³/mol. The van der Waals surface area contributed by atoms with Crippen LogP contribution in [0, 0.1) is 6.92 Å². The van der Waals surface area contributed by atoms with Crippen LogP contribution < -0.4 is 10.5 Å². The van der Waals surface area contributed by atoms with E-state index in [0.29, 0.717) is 6.54 Å². The van der Waals surface area contributed by atoms with Gasteiger partial charge in [-0.15, -0.1) is 0 Å². The third-order valence-corrected chi connectivity index (χ3v) is 4.54. The maximum absolute atomic E-state index is 12.2. The molecule has 7 nitrogen and oxygen atoms in total. The van der Waals surface area contributed by atoms with E-state index in [4.69, 9.17) is 5.73 Å². The molecule has 0 saturated heterocycles. The molecule has 2 aromatic rings. The van der Waals surface area contributed by atoms with Crippen molar-refractivity contribution in [3.05, 3.63) is 35.4 Å². The molecular weight excluding hydrogens is 278 g/mol. The summed E-state index contributed by atoms with van der Waals surface area (Å²) >= 11 is 0. The molecule has 0 fully saturated rings. The molecule has 0 saturated carbocycles. The second-order valence-electron chi connectivity index (χ2n) is 4.72. The van der Waals surface area contributed by atoms with Gasteiger partial charge in [-0.25, -0.2) is 13.1 Å². The minimum atomic E-state index is -3.54. The Morgan fingerprint density at radius 2 is 2.05 bits per heavy atom. The minimum absolute atomic E-state index is 0.217. The zero-order valence-corrected chi connectivity index (χ0v) is 12.6. The summed E-state index contributed by atoms with van der Waals surface area (Å²) in [6, 6.07) is 1.58. The number of sulfonamides is 1. The summed E-state index contributed by atoms with van der Waals surface area (Å²) in [4.78, 5) is 0.224. The van der Waals surface area contributed by atoms with Crippen molar-refractivity contribution in [2.45, 2.75) is 24.9 Å². The van der Waals surface area contributed by atoms with Crippen LogP contribution in [0.4, 0.5) is 0 Å². The summed E-state index contributed by atoms with van der Waals surface area (Å²) in [5.74, 6) is 0. The van der Waals surface area contributed by atoms with Gasteiger partial charge in [-0.3, -0.25) is 4.68 Å². The summed E-state index contributed by atoms with van der Waals surface area (Å²) in [7, 11) is 0.0305. The molecule has 3 N–H and O–H groups in total. The zero-order chi connectivity index (χ0) is 14.9. The van der Waals surface area contributed by atoms with Gasteiger partial charge in [0.05, 0.1) is 10.6 Å². The van der Waals surface area contributed by atoms with Gasteiger partial charge in [0.15, 0.2) is 0 Å². The van der Waals surface area contributed by atoms with Crippen molar-refractivity contribution in [3.63, 3.8) is 0 Å². The van der Waals surface area contributed by atoms with E-state index in [2.05, 4.69) is 9.82 Å². The number of hydrogen-bond acceptors (Lipinski definition) is 4. The molecule has 0 bridgehead atoms. The highest BCUT2D eigenvalue weighted by atomic mass is 32.2. The molecule has 0 unspecified atom stereocenters. The molecule has 0 aliphatic heterocycles. The van der Waals surface area contributed by atoms with Gasteiger partial charge in [-0.2, -0.15) is 5.10 Å². The molecule has 0 aliphatic carbocycles. The second kappa shape index (κ2) is 5.39. The van der Waals surface area contributed by atoms with Crippen LogP contribution in [-0.4, -0.2) is 22.8 Å². The lowest BCUT2D eigenvalue weighted by atomic mass is 10.3. The highest BCUT2D eigenvalue weighted by Gasteiger charge is 2.17. The maximum Gasteiger partial charge on any atom is 0.242 e. The highest BCUT2D eigenvalue weighted by molar-refractivity contribution is 7.89. The molecule has 2 aromatic heterocycles. The van der Waals surface area contributed by atoms with Gasteiger partial charge >= 0.3 is 0 Å². The van der Waals surface area contributed by atoms with E-state index in [9.17, 15) is 8.42 Å². The Morgan fingerprint density at radius 3 is 2.55 bits per heavy atom. The Hall–Kier alpha value is -1.64. The fraction of sp³-hybridized carbons (Fsp3) is 0.417. The summed E-state index contributed by atoms with van der Waals surface area (Å²) in [6.45, 7) is 2.36.